The first-order valence-corrected chi connectivity index (χ1v) is 9.30. The van der Waals surface area contributed by atoms with Crippen LogP contribution in [-0.4, -0.2) is 11.1 Å². The molecule has 0 aromatic heterocycles. The van der Waals surface area contributed by atoms with Gasteiger partial charge in [0.2, 0.25) is 0 Å². The molecule has 0 rings (SSSR count). The van der Waals surface area contributed by atoms with Crippen molar-refractivity contribution in [2.75, 3.05) is 0 Å². The summed E-state index contributed by atoms with van der Waals surface area (Å²) in [7, 11) is 0. The van der Waals surface area contributed by atoms with Crippen LogP contribution < -0.4 is 0 Å². The average molecular weight is 309 g/mol. The molecule has 0 amide bonds. The van der Waals surface area contributed by atoms with Gasteiger partial charge < -0.3 is 5.11 Å². The molecule has 0 fully saturated rings. The maximum absolute atomic E-state index is 10.3. The Hall–Kier alpha value is -1.05. The van der Waals surface area contributed by atoms with Crippen molar-refractivity contribution in [3.63, 3.8) is 0 Å². The van der Waals surface area contributed by atoms with Gasteiger partial charge in [0.15, 0.2) is 0 Å². The molecule has 0 spiro atoms. The van der Waals surface area contributed by atoms with E-state index in [1.54, 1.807) is 0 Å². The summed E-state index contributed by atoms with van der Waals surface area (Å²) in [6.45, 7) is 2.24. The van der Waals surface area contributed by atoms with E-state index < -0.39 is 5.97 Å². The van der Waals surface area contributed by atoms with Gasteiger partial charge in [-0.15, -0.1) is 0 Å². The van der Waals surface area contributed by atoms with Crippen molar-refractivity contribution in [2.24, 2.45) is 0 Å². The maximum atomic E-state index is 10.3. The van der Waals surface area contributed by atoms with Crippen LogP contribution in [0.5, 0.6) is 0 Å². The Balaban J connectivity index is 3.15. The Labute approximate surface area is 137 Å². The summed E-state index contributed by atoms with van der Waals surface area (Å²) in [5.74, 6) is -0.663. The standard InChI is InChI=1S/C20H36O2/c1-2-3-4-5-6-7-8-9-10-11-12-13-14-15-16-17-18-19-20(21)22/h6-9H,2-5,10-19H2,1H3,(H,21,22)/b7-6+,9-8+. The van der Waals surface area contributed by atoms with Gasteiger partial charge in [0.25, 0.3) is 0 Å². The highest BCUT2D eigenvalue weighted by molar-refractivity contribution is 5.66. The number of unbranched alkanes of at least 4 members (excludes halogenated alkanes) is 11. The van der Waals surface area contributed by atoms with E-state index in [-0.39, 0.29) is 0 Å². The molecule has 22 heavy (non-hydrogen) atoms. The summed E-state index contributed by atoms with van der Waals surface area (Å²) in [6.07, 6.45) is 25.2. The highest BCUT2D eigenvalue weighted by Gasteiger charge is 1.96. The average Bonchev–Trinajstić information content (AvgIpc) is 2.50. The topological polar surface area (TPSA) is 37.3 Å². The molecule has 128 valence electrons. The van der Waals surface area contributed by atoms with Gasteiger partial charge in [-0.3, -0.25) is 4.79 Å². The number of carbonyl (C=O) groups is 1. The smallest absolute Gasteiger partial charge is 0.303 e. The Morgan fingerprint density at radius 3 is 1.68 bits per heavy atom. The van der Waals surface area contributed by atoms with Crippen LogP contribution in [0.1, 0.15) is 96.8 Å². The van der Waals surface area contributed by atoms with Crippen LogP contribution in [0.25, 0.3) is 0 Å². The van der Waals surface area contributed by atoms with Crippen LogP contribution in [-0.2, 0) is 4.79 Å². The lowest BCUT2D eigenvalue weighted by molar-refractivity contribution is -0.137. The van der Waals surface area contributed by atoms with Gasteiger partial charge in [-0.05, 0) is 32.1 Å². The Morgan fingerprint density at radius 1 is 0.727 bits per heavy atom. The van der Waals surface area contributed by atoms with Crippen molar-refractivity contribution in [3.05, 3.63) is 24.3 Å². The van der Waals surface area contributed by atoms with Gasteiger partial charge in [0.05, 0.1) is 0 Å². The third-order valence-corrected chi connectivity index (χ3v) is 3.87. The fourth-order valence-electron chi connectivity index (χ4n) is 2.46. The third-order valence-electron chi connectivity index (χ3n) is 3.87. The highest BCUT2D eigenvalue weighted by Crippen LogP contribution is 2.10. The molecule has 0 aliphatic heterocycles. The number of carboxylic acids is 1. The molecule has 0 unspecified atom stereocenters. The zero-order valence-corrected chi connectivity index (χ0v) is 14.6. The monoisotopic (exact) mass is 308 g/mol. The van der Waals surface area contributed by atoms with Gasteiger partial charge in [0, 0.05) is 6.42 Å². The first kappa shape index (κ1) is 20.9. The zero-order chi connectivity index (χ0) is 16.3. The van der Waals surface area contributed by atoms with Crippen LogP contribution >= 0.6 is 0 Å². The van der Waals surface area contributed by atoms with Crippen molar-refractivity contribution in [1.82, 2.24) is 0 Å². The molecular weight excluding hydrogens is 272 g/mol. The van der Waals surface area contributed by atoms with Crippen molar-refractivity contribution >= 4 is 5.97 Å². The molecule has 0 aromatic carbocycles. The first-order chi connectivity index (χ1) is 10.8. The Kier molecular flexibility index (Phi) is 17.1. The minimum Gasteiger partial charge on any atom is -0.481 e. The van der Waals surface area contributed by atoms with Gasteiger partial charge in [0.1, 0.15) is 0 Å². The molecule has 0 radical (unpaired) electrons. The number of rotatable bonds is 16. The second kappa shape index (κ2) is 18.0. The molecular formula is C20H36O2. The van der Waals surface area contributed by atoms with E-state index >= 15 is 0 Å². The second-order valence-corrected chi connectivity index (χ2v) is 6.11. The molecule has 0 saturated carbocycles. The zero-order valence-electron chi connectivity index (χ0n) is 14.6. The van der Waals surface area contributed by atoms with E-state index in [4.69, 9.17) is 5.11 Å². The number of hydrogen-bond donors (Lipinski definition) is 1. The number of carboxylic acid groups (broad SMARTS) is 1. The van der Waals surface area contributed by atoms with Crippen molar-refractivity contribution in [3.8, 4) is 0 Å². The Bertz CT molecular complexity index is 292. The highest BCUT2D eigenvalue weighted by atomic mass is 16.4. The number of hydrogen-bond acceptors (Lipinski definition) is 1. The fourth-order valence-corrected chi connectivity index (χ4v) is 2.46. The predicted octanol–water partition coefficient (Wildman–Crippen LogP) is 6.66. The lowest BCUT2D eigenvalue weighted by Gasteiger charge is -2.00. The molecule has 0 atom stereocenters. The van der Waals surface area contributed by atoms with Crippen molar-refractivity contribution in [2.45, 2.75) is 96.8 Å². The van der Waals surface area contributed by atoms with E-state index in [0.29, 0.717) is 6.42 Å². The normalized spacial score (nSPS) is 11.7. The minimum atomic E-state index is -0.663. The first-order valence-electron chi connectivity index (χ1n) is 9.30. The van der Waals surface area contributed by atoms with E-state index in [2.05, 4.69) is 31.2 Å². The minimum absolute atomic E-state index is 0.333. The molecule has 0 heterocycles. The number of aliphatic carboxylic acids is 1. The lowest BCUT2D eigenvalue weighted by atomic mass is 10.1. The second-order valence-electron chi connectivity index (χ2n) is 6.11. The van der Waals surface area contributed by atoms with E-state index in [1.807, 2.05) is 0 Å². The summed E-state index contributed by atoms with van der Waals surface area (Å²) >= 11 is 0. The van der Waals surface area contributed by atoms with Crippen molar-refractivity contribution in [1.29, 1.82) is 0 Å². The molecule has 0 aromatic rings. The fraction of sp³-hybridized carbons (Fsp3) is 0.750. The Morgan fingerprint density at radius 2 is 1.18 bits per heavy atom. The molecule has 0 saturated heterocycles. The molecule has 0 aliphatic carbocycles. The molecule has 0 bridgehead atoms. The van der Waals surface area contributed by atoms with Crippen molar-refractivity contribution < 1.29 is 9.90 Å². The summed E-state index contributed by atoms with van der Waals surface area (Å²) in [4.78, 5) is 10.3. The molecule has 2 nitrogen and oxygen atoms in total. The van der Waals surface area contributed by atoms with Crippen LogP contribution in [0, 0.1) is 0 Å². The summed E-state index contributed by atoms with van der Waals surface area (Å²) in [5, 5.41) is 8.53. The summed E-state index contributed by atoms with van der Waals surface area (Å²) in [6, 6.07) is 0. The van der Waals surface area contributed by atoms with E-state index in [0.717, 1.165) is 12.8 Å². The SMILES string of the molecule is CCCCC/C=C/C=C/CCCCCCCCCCC(=O)O. The van der Waals surface area contributed by atoms with Crippen LogP contribution in [0.4, 0.5) is 0 Å². The molecule has 0 aliphatic rings. The largest absolute Gasteiger partial charge is 0.481 e. The predicted molar refractivity (Wildman–Crippen MR) is 96.2 cm³/mol. The van der Waals surface area contributed by atoms with Gasteiger partial charge >= 0.3 is 5.97 Å². The maximum Gasteiger partial charge on any atom is 0.303 e. The number of allylic oxidation sites excluding steroid dienone is 4. The van der Waals surface area contributed by atoms with Crippen LogP contribution in [0.3, 0.4) is 0 Å². The van der Waals surface area contributed by atoms with E-state index in [9.17, 15) is 4.79 Å². The van der Waals surface area contributed by atoms with Crippen LogP contribution in [0.2, 0.25) is 0 Å². The van der Waals surface area contributed by atoms with E-state index in [1.165, 1.54) is 70.6 Å². The van der Waals surface area contributed by atoms with Gasteiger partial charge in [-0.2, -0.15) is 0 Å². The third kappa shape index (κ3) is 18.9. The lowest BCUT2D eigenvalue weighted by Crippen LogP contribution is -1.93. The summed E-state index contributed by atoms with van der Waals surface area (Å²) < 4.78 is 0. The summed E-state index contributed by atoms with van der Waals surface area (Å²) in [5.41, 5.74) is 0. The quantitative estimate of drug-likeness (QED) is 0.255. The molecule has 1 N–H and O–H groups in total. The van der Waals surface area contributed by atoms with Gasteiger partial charge in [-0.1, -0.05) is 82.6 Å². The van der Waals surface area contributed by atoms with Crippen LogP contribution in [0.15, 0.2) is 24.3 Å². The molecule has 2 heteroatoms. The van der Waals surface area contributed by atoms with Gasteiger partial charge in [-0.25, -0.2) is 0 Å².